The fraction of sp³-hybridized carbons (Fsp3) is 0.364. The second kappa shape index (κ2) is 4.41. The number of rotatable bonds is 2. The Balaban J connectivity index is 2.24. The summed E-state index contributed by atoms with van der Waals surface area (Å²) in [6.45, 7) is 1.11. The van der Waals surface area contributed by atoms with E-state index in [1.807, 2.05) is 0 Å². The standard InChI is InChI=1S/C11H10BrFO2/c12-10-5-8(13)1-2-9(10)11(14)7-3-4-15-6-7/h1-2,5,7H,3-4,6H2. The number of carbonyl (C=O) groups is 1. The molecule has 1 saturated heterocycles. The SMILES string of the molecule is O=C(c1ccc(F)cc1Br)C1CCOC1. The Morgan fingerprint density at radius 2 is 2.33 bits per heavy atom. The molecule has 0 N–H and O–H groups in total. The van der Waals surface area contributed by atoms with Gasteiger partial charge in [0, 0.05) is 22.6 Å². The summed E-state index contributed by atoms with van der Waals surface area (Å²) in [5, 5.41) is 0. The van der Waals surface area contributed by atoms with Crippen LogP contribution in [0.4, 0.5) is 4.39 Å². The summed E-state index contributed by atoms with van der Waals surface area (Å²) in [6, 6.07) is 4.12. The van der Waals surface area contributed by atoms with E-state index in [-0.39, 0.29) is 17.5 Å². The van der Waals surface area contributed by atoms with Crippen molar-refractivity contribution in [3.63, 3.8) is 0 Å². The molecule has 0 saturated carbocycles. The molecule has 0 aliphatic carbocycles. The molecule has 2 rings (SSSR count). The third-order valence-corrected chi connectivity index (χ3v) is 3.15. The van der Waals surface area contributed by atoms with E-state index in [9.17, 15) is 9.18 Å². The lowest BCUT2D eigenvalue weighted by atomic mass is 9.97. The summed E-state index contributed by atoms with van der Waals surface area (Å²) < 4.78 is 18.5. The first-order valence-corrected chi connectivity index (χ1v) is 5.55. The summed E-state index contributed by atoms with van der Waals surface area (Å²) in [7, 11) is 0. The van der Waals surface area contributed by atoms with E-state index < -0.39 is 0 Å². The Hall–Kier alpha value is -0.740. The molecule has 2 nitrogen and oxygen atoms in total. The Morgan fingerprint density at radius 1 is 1.53 bits per heavy atom. The van der Waals surface area contributed by atoms with E-state index in [0.717, 1.165) is 6.42 Å². The summed E-state index contributed by atoms with van der Waals surface area (Å²) in [5.74, 6) is -0.396. The van der Waals surface area contributed by atoms with Crippen LogP contribution >= 0.6 is 15.9 Å². The van der Waals surface area contributed by atoms with Gasteiger partial charge in [0.15, 0.2) is 5.78 Å². The molecule has 0 spiro atoms. The van der Waals surface area contributed by atoms with Crippen LogP contribution in [-0.2, 0) is 4.74 Å². The third-order valence-electron chi connectivity index (χ3n) is 2.50. The first-order valence-electron chi connectivity index (χ1n) is 4.75. The quantitative estimate of drug-likeness (QED) is 0.774. The summed E-state index contributed by atoms with van der Waals surface area (Å²) >= 11 is 3.19. The first kappa shape index (κ1) is 10.8. The topological polar surface area (TPSA) is 26.3 Å². The fourth-order valence-corrected chi connectivity index (χ4v) is 2.20. The van der Waals surface area contributed by atoms with Gasteiger partial charge in [-0.05, 0) is 40.5 Å². The van der Waals surface area contributed by atoms with Gasteiger partial charge < -0.3 is 4.74 Å². The fourth-order valence-electron chi connectivity index (χ4n) is 1.65. The van der Waals surface area contributed by atoms with Gasteiger partial charge >= 0.3 is 0 Å². The molecule has 1 unspecified atom stereocenters. The maximum absolute atomic E-state index is 12.8. The van der Waals surface area contributed by atoms with Crippen LogP contribution in [0, 0.1) is 11.7 Å². The Morgan fingerprint density at radius 3 is 2.93 bits per heavy atom. The molecule has 15 heavy (non-hydrogen) atoms. The van der Waals surface area contributed by atoms with Gasteiger partial charge in [-0.15, -0.1) is 0 Å². The van der Waals surface area contributed by atoms with Crippen LogP contribution in [0.25, 0.3) is 0 Å². The summed E-state index contributed by atoms with van der Waals surface area (Å²) in [4.78, 5) is 11.9. The summed E-state index contributed by atoms with van der Waals surface area (Å²) in [5.41, 5.74) is 0.534. The Bertz CT molecular complexity index is 386. The molecule has 1 aromatic rings. The van der Waals surface area contributed by atoms with Crippen molar-refractivity contribution >= 4 is 21.7 Å². The molecule has 1 aliphatic rings. The van der Waals surface area contributed by atoms with Crippen molar-refractivity contribution in [3.8, 4) is 0 Å². The van der Waals surface area contributed by atoms with Crippen LogP contribution in [0.3, 0.4) is 0 Å². The van der Waals surface area contributed by atoms with Crippen LogP contribution in [-0.4, -0.2) is 19.0 Å². The number of benzene rings is 1. The lowest BCUT2D eigenvalue weighted by Gasteiger charge is -2.08. The van der Waals surface area contributed by atoms with Crippen LogP contribution < -0.4 is 0 Å². The lowest BCUT2D eigenvalue weighted by molar-refractivity contribution is 0.0899. The Labute approximate surface area is 95.6 Å². The van der Waals surface area contributed by atoms with Gasteiger partial charge in [0.2, 0.25) is 0 Å². The highest BCUT2D eigenvalue weighted by atomic mass is 79.9. The van der Waals surface area contributed by atoms with Gasteiger partial charge in [-0.2, -0.15) is 0 Å². The van der Waals surface area contributed by atoms with E-state index in [2.05, 4.69) is 15.9 Å². The number of halogens is 2. The number of hydrogen-bond donors (Lipinski definition) is 0. The second-order valence-corrected chi connectivity index (χ2v) is 4.40. The molecular weight excluding hydrogens is 263 g/mol. The smallest absolute Gasteiger partial charge is 0.169 e. The molecule has 1 heterocycles. The molecule has 0 bridgehead atoms. The lowest BCUT2D eigenvalue weighted by Crippen LogP contribution is -2.15. The monoisotopic (exact) mass is 272 g/mol. The number of ketones is 1. The zero-order valence-electron chi connectivity index (χ0n) is 8.00. The minimum atomic E-state index is -0.346. The molecule has 0 aromatic heterocycles. The highest BCUT2D eigenvalue weighted by Gasteiger charge is 2.25. The second-order valence-electron chi connectivity index (χ2n) is 3.55. The largest absolute Gasteiger partial charge is 0.381 e. The van der Waals surface area contributed by atoms with Gasteiger partial charge in [0.25, 0.3) is 0 Å². The highest BCUT2D eigenvalue weighted by molar-refractivity contribution is 9.10. The van der Waals surface area contributed by atoms with E-state index >= 15 is 0 Å². The normalized spacial score (nSPS) is 20.5. The van der Waals surface area contributed by atoms with Crippen molar-refractivity contribution < 1.29 is 13.9 Å². The zero-order valence-corrected chi connectivity index (χ0v) is 9.59. The molecule has 1 fully saturated rings. The maximum Gasteiger partial charge on any atom is 0.169 e. The third kappa shape index (κ3) is 2.26. The van der Waals surface area contributed by atoms with Crippen molar-refractivity contribution in [2.45, 2.75) is 6.42 Å². The van der Waals surface area contributed by atoms with Crippen molar-refractivity contribution in [3.05, 3.63) is 34.1 Å². The van der Waals surface area contributed by atoms with E-state index in [0.29, 0.717) is 23.2 Å². The average molecular weight is 273 g/mol. The van der Waals surface area contributed by atoms with Crippen molar-refractivity contribution in [1.29, 1.82) is 0 Å². The van der Waals surface area contributed by atoms with E-state index in [1.165, 1.54) is 18.2 Å². The van der Waals surface area contributed by atoms with Gasteiger partial charge in [-0.25, -0.2) is 4.39 Å². The van der Waals surface area contributed by atoms with E-state index in [4.69, 9.17) is 4.74 Å². The average Bonchev–Trinajstić information content (AvgIpc) is 2.69. The molecule has 1 aliphatic heterocycles. The van der Waals surface area contributed by atoms with Crippen LogP contribution in [0.2, 0.25) is 0 Å². The van der Waals surface area contributed by atoms with Crippen molar-refractivity contribution in [2.75, 3.05) is 13.2 Å². The molecule has 4 heteroatoms. The molecule has 0 radical (unpaired) electrons. The zero-order chi connectivity index (χ0) is 10.8. The Kier molecular flexibility index (Phi) is 3.17. The highest BCUT2D eigenvalue weighted by Crippen LogP contribution is 2.24. The van der Waals surface area contributed by atoms with Gasteiger partial charge in [0.1, 0.15) is 5.82 Å². The van der Waals surface area contributed by atoms with Gasteiger partial charge in [-0.1, -0.05) is 0 Å². The van der Waals surface area contributed by atoms with Crippen LogP contribution in [0.15, 0.2) is 22.7 Å². The number of carbonyl (C=O) groups excluding carboxylic acids is 1. The molecule has 1 aromatic carbocycles. The molecule has 80 valence electrons. The molecule has 0 amide bonds. The number of ether oxygens (including phenoxy) is 1. The van der Waals surface area contributed by atoms with Crippen molar-refractivity contribution in [2.24, 2.45) is 5.92 Å². The molecular formula is C11H10BrFO2. The first-order chi connectivity index (χ1) is 7.18. The number of hydrogen-bond acceptors (Lipinski definition) is 2. The minimum Gasteiger partial charge on any atom is -0.381 e. The van der Waals surface area contributed by atoms with Crippen molar-refractivity contribution in [1.82, 2.24) is 0 Å². The molecule has 1 atom stereocenters. The predicted molar refractivity (Wildman–Crippen MR) is 57.4 cm³/mol. The predicted octanol–water partition coefficient (Wildman–Crippen LogP) is 2.81. The van der Waals surface area contributed by atoms with Crippen LogP contribution in [0.1, 0.15) is 16.8 Å². The number of Topliss-reactive ketones (excluding diaryl/α,β-unsaturated/α-hetero) is 1. The van der Waals surface area contributed by atoms with E-state index in [1.54, 1.807) is 0 Å². The minimum absolute atomic E-state index is 0.0272. The van der Waals surface area contributed by atoms with Crippen LogP contribution in [0.5, 0.6) is 0 Å². The maximum atomic E-state index is 12.8. The summed E-state index contributed by atoms with van der Waals surface area (Å²) in [6.07, 6.45) is 0.753. The van der Waals surface area contributed by atoms with Gasteiger partial charge in [0.05, 0.1) is 6.61 Å². The van der Waals surface area contributed by atoms with Gasteiger partial charge in [-0.3, -0.25) is 4.79 Å².